The van der Waals surface area contributed by atoms with Crippen molar-refractivity contribution in [2.45, 2.75) is 40.3 Å². The van der Waals surface area contributed by atoms with Crippen LogP contribution in [0.5, 0.6) is 0 Å². The molecule has 0 aromatic heterocycles. The Hall–Kier alpha value is -2.10. The first-order valence-electron chi connectivity index (χ1n) is 8.14. The van der Waals surface area contributed by atoms with Crippen molar-refractivity contribution in [3.05, 3.63) is 58.6 Å². The second-order valence-corrected chi connectivity index (χ2v) is 9.01. The van der Waals surface area contributed by atoms with Crippen LogP contribution in [-0.4, -0.2) is 24.6 Å². The quantitative estimate of drug-likeness (QED) is 0.574. The third kappa shape index (κ3) is 4.35. The molecule has 0 heterocycles. The number of nitro benzene ring substituents is 1. The number of primary sulfonamides is 1. The molecule has 0 aliphatic heterocycles. The Labute approximate surface area is 156 Å². The average molecular weight is 393 g/mol. The number of hydrogen-bond acceptors (Lipinski definition) is 6. The second kappa shape index (κ2) is 7.65. The number of rotatable bonds is 6. The van der Waals surface area contributed by atoms with Gasteiger partial charge in [0, 0.05) is 22.3 Å². The van der Waals surface area contributed by atoms with Gasteiger partial charge in [0.05, 0.1) is 9.82 Å². The maximum absolute atomic E-state index is 11.5. The topological polar surface area (TPSA) is 115 Å². The van der Waals surface area contributed by atoms with E-state index >= 15 is 0 Å². The Morgan fingerprint density at radius 2 is 1.88 bits per heavy atom. The number of benzene rings is 2. The molecule has 2 aromatic carbocycles. The van der Waals surface area contributed by atoms with Crippen LogP contribution in [0.3, 0.4) is 0 Å². The zero-order valence-corrected chi connectivity index (χ0v) is 15.5. The third-order valence-corrected chi connectivity index (χ3v) is 6.64. The molecule has 0 unspecified atom stereocenters. The molecule has 2 atom stereocenters. The Bertz CT molecular complexity index is 903. The Morgan fingerprint density at radius 3 is 2.54 bits per heavy atom. The van der Waals surface area contributed by atoms with Crippen LogP contribution in [0.15, 0.2) is 58.3 Å². The first-order valence-corrected chi connectivity index (χ1v) is 10.6. The smallest absolute Gasteiger partial charge is 0.293 e. The molecule has 1 aliphatic rings. The maximum Gasteiger partial charge on any atom is 0.293 e. The minimum atomic E-state index is -3.99. The van der Waals surface area contributed by atoms with Crippen LogP contribution >= 0.6 is 11.8 Å². The van der Waals surface area contributed by atoms with E-state index in [9.17, 15) is 18.5 Å². The van der Waals surface area contributed by atoms with E-state index in [4.69, 9.17) is 5.14 Å². The van der Waals surface area contributed by atoms with Crippen LogP contribution in [0.2, 0.25) is 0 Å². The summed E-state index contributed by atoms with van der Waals surface area (Å²) < 4.78 is 22.9. The van der Waals surface area contributed by atoms with Crippen molar-refractivity contribution in [3.63, 3.8) is 0 Å². The van der Waals surface area contributed by atoms with E-state index < -0.39 is 14.9 Å². The molecule has 0 bridgehead atoms. The summed E-state index contributed by atoms with van der Waals surface area (Å²) in [6, 6.07) is 13.8. The van der Waals surface area contributed by atoms with Gasteiger partial charge in [-0.2, -0.15) is 0 Å². The van der Waals surface area contributed by atoms with Crippen molar-refractivity contribution in [1.82, 2.24) is 0 Å². The average Bonchev–Trinajstić information content (AvgIpc) is 3.02. The number of thioether (sulfide) groups is 1. The van der Waals surface area contributed by atoms with Gasteiger partial charge in [0.25, 0.3) is 5.69 Å². The number of hydrogen-bond donors (Lipinski definition) is 2. The standard InChI is InChI=1S/C17H19N3O4S2/c18-26(23,24)13-9-10-14(16(11-13)20(21)22)19-15-7-4-8-17(15)25-12-5-2-1-3-6-12/h1-3,5-6,9-11,15,17,19H,4,7-8H2,(H2,18,23,24)/t15-,17+/m1/s1. The molecular weight excluding hydrogens is 374 g/mol. The molecule has 3 N–H and O–H groups in total. The summed E-state index contributed by atoms with van der Waals surface area (Å²) >= 11 is 1.75. The SMILES string of the molecule is NS(=O)(=O)c1ccc(N[C@@H]2CCC[C@@H]2Sc2ccccc2)c([N+](=O)[O-])c1. The summed E-state index contributed by atoms with van der Waals surface area (Å²) in [6.45, 7) is 0. The number of nitrogens with zero attached hydrogens (tertiary/aromatic N) is 1. The number of nitrogens with two attached hydrogens (primary N) is 1. The number of sulfonamides is 1. The van der Waals surface area contributed by atoms with Crippen LogP contribution in [0.4, 0.5) is 11.4 Å². The fourth-order valence-corrected chi connectivity index (χ4v) is 4.92. The van der Waals surface area contributed by atoms with Gasteiger partial charge < -0.3 is 5.32 Å². The predicted octanol–water partition coefficient (Wildman–Crippen LogP) is 3.37. The summed E-state index contributed by atoms with van der Waals surface area (Å²) in [7, 11) is -3.99. The van der Waals surface area contributed by atoms with Gasteiger partial charge >= 0.3 is 0 Å². The molecule has 0 amide bonds. The van der Waals surface area contributed by atoms with Gasteiger partial charge in [-0.15, -0.1) is 11.8 Å². The van der Waals surface area contributed by atoms with E-state index in [2.05, 4.69) is 5.32 Å². The van der Waals surface area contributed by atoms with Gasteiger partial charge in [0.1, 0.15) is 5.69 Å². The van der Waals surface area contributed by atoms with Crippen molar-refractivity contribution < 1.29 is 13.3 Å². The lowest BCUT2D eigenvalue weighted by molar-refractivity contribution is -0.384. The third-order valence-electron chi connectivity index (χ3n) is 4.32. The van der Waals surface area contributed by atoms with E-state index in [1.807, 2.05) is 30.3 Å². The molecule has 1 saturated carbocycles. The summed E-state index contributed by atoms with van der Waals surface area (Å²) in [5.74, 6) is 0. The van der Waals surface area contributed by atoms with Crippen molar-refractivity contribution in [2.24, 2.45) is 5.14 Å². The Balaban J connectivity index is 1.82. The molecule has 1 aliphatic carbocycles. The van der Waals surface area contributed by atoms with Gasteiger partial charge in [-0.1, -0.05) is 24.6 Å². The predicted molar refractivity (Wildman–Crippen MR) is 102 cm³/mol. The molecule has 3 rings (SSSR count). The van der Waals surface area contributed by atoms with Crippen molar-refractivity contribution in [3.8, 4) is 0 Å². The normalized spacial score (nSPS) is 20.0. The van der Waals surface area contributed by atoms with Crippen LogP contribution in [-0.2, 0) is 10.0 Å². The lowest BCUT2D eigenvalue weighted by Crippen LogP contribution is -2.26. The lowest BCUT2D eigenvalue weighted by Gasteiger charge is -2.22. The van der Waals surface area contributed by atoms with E-state index in [0.717, 1.165) is 30.2 Å². The molecule has 7 nitrogen and oxygen atoms in total. The molecule has 138 valence electrons. The number of anilines is 1. The minimum Gasteiger partial charge on any atom is -0.376 e. The highest BCUT2D eigenvalue weighted by Crippen LogP contribution is 2.38. The van der Waals surface area contributed by atoms with E-state index in [1.165, 1.54) is 12.1 Å². The Kier molecular flexibility index (Phi) is 5.49. The van der Waals surface area contributed by atoms with Crippen molar-refractivity contribution in [2.75, 3.05) is 5.32 Å². The van der Waals surface area contributed by atoms with E-state index in [1.54, 1.807) is 11.8 Å². The number of nitrogens with one attached hydrogen (secondary N) is 1. The first kappa shape index (κ1) is 18.7. The molecule has 2 aromatic rings. The largest absolute Gasteiger partial charge is 0.376 e. The molecule has 0 radical (unpaired) electrons. The van der Waals surface area contributed by atoms with Crippen LogP contribution in [0.25, 0.3) is 0 Å². The fourth-order valence-electron chi connectivity index (χ4n) is 3.07. The molecule has 9 heteroatoms. The van der Waals surface area contributed by atoms with Gasteiger partial charge in [0.2, 0.25) is 10.0 Å². The van der Waals surface area contributed by atoms with Gasteiger partial charge in [-0.3, -0.25) is 10.1 Å². The molecular formula is C17H19N3O4S2. The summed E-state index contributed by atoms with van der Waals surface area (Å²) in [5, 5.41) is 20.0. The van der Waals surface area contributed by atoms with Gasteiger partial charge in [0.15, 0.2) is 0 Å². The highest BCUT2D eigenvalue weighted by Gasteiger charge is 2.30. The Morgan fingerprint density at radius 1 is 1.15 bits per heavy atom. The summed E-state index contributed by atoms with van der Waals surface area (Å²) in [5.41, 5.74) is 0.0276. The molecule has 1 fully saturated rings. The summed E-state index contributed by atoms with van der Waals surface area (Å²) in [6.07, 6.45) is 2.95. The monoisotopic (exact) mass is 393 g/mol. The number of nitro groups is 1. The molecule has 0 spiro atoms. The van der Waals surface area contributed by atoms with E-state index in [-0.39, 0.29) is 21.9 Å². The minimum absolute atomic E-state index is 0.0687. The highest BCUT2D eigenvalue weighted by atomic mass is 32.2. The van der Waals surface area contributed by atoms with Crippen LogP contribution in [0.1, 0.15) is 19.3 Å². The first-order chi connectivity index (χ1) is 12.3. The van der Waals surface area contributed by atoms with Crippen molar-refractivity contribution >= 4 is 33.2 Å². The highest BCUT2D eigenvalue weighted by molar-refractivity contribution is 8.00. The second-order valence-electron chi connectivity index (χ2n) is 6.13. The van der Waals surface area contributed by atoms with Gasteiger partial charge in [-0.05, 0) is 37.1 Å². The fraction of sp³-hybridized carbons (Fsp3) is 0.294. The summed E-state index contributed by atoms with van der Waals surface area (Å²) in [4.78, 5) is 11.7. The van der Waals surface area contributed by atoms with Crippen molar-refractivity contribution in [1.29, 1.82) is 0 Å². The molecule has 26 heavy (non-hydrogen) atoms. The lowest BCUT2D eigenvalue weighted by atomic mass is 10.2. The van der Waals surface area contributed by atoms with Crippen LogP contribution < -0.4 is 10.5 Å². The van der Waals surface area contributed by atoms with E-state index in [0.29, 0.717) is 5.69 Å². The van der Waals surface area contributed by atoms with Gasteiger partial charge in [-0.25, -0.2) is 13.6 Å². The van der Waals surface area contributed by atoms with Crippen LogP contribution in [0, 0.1) is 10.1 Å². The zero-order chi connectivity index (χ0) is 18.7. The zero-order valence-electron chi connectivity index (χ0n) is 13.9. The molecule has 0 saturated heterocycles. The maximum atomic E-state index is 11.5.